The Bertz CT molecular complexity index is 349. The molecule has 1 unspecified atom stereocenters. The average Bonchev–Trinajstić information content (AvgIpc) is 2.30. The topological polar surface area (TPSA) is 35.2 Å². The van der Waals surface area contributed by atoms with E-state index in [1.165, 1.54) is 29.5 Å². The SMILES string of the molecule is COCCCc1ccc2c(c1)C(N)CCC2. The molecular formula is C14H21NO. The number of rotatable bonds is 4. The molecule has 0 heterocycles. The van der Waals surface area contributed by atoms with Crippen LogP contribution in [0.3, 0.4) is 0 Å². The number of aryl methyl sites for hydroxylation is 2. The molecular weight excluding hydrogens is 198 g/mol. The highest BCUT2D eigenvalue weighted by Gasteiger charge is 2.16. The first kappa shape index (κ1) is 11.6. The minimum atomic E-state index is 0.256. The van der Waals surface area contributed by atoms with Crippen LogP contribution < -0.4 is 5.73 Å². The maximum absolute atomic E-state index is 6.15. The van der Waals surface area contributed by atoms with Crippen LogP contribution in [-0.2, 0) is 17.6 Å². The van der Waals surface area contributed by atoms with Gasteiger partial charge in [0.2, 0.25) is 0 Å². The van der Waals surface area contributed by atoms with Gasteiger partial charge in [0.25, 0.3) is 0 Å². The molecule has 1 aliphatic carbocycles. The van der Waals surface area contributed by atoms with Gasteiger partial charge in [0.1, 0.15) is 0 Å². The van der Waals surface area contributed by atoms with Gasteiger partial charge in [0.15, 0.2) is 0 Å². The van der Waals surface area contributed by atoms with Crippen molar-refractivity contribution >= 4 is 0 Å². The van der Waals surface area contributed by atoms with Gasteiger partial charge in [0.05, 0.1) is 0 Å². The van der Waals surface area contributed by atoms with Crippen molar-refractivity contribution in [2.24, 2.45) is 5.73 Å². The maximum Gasteiger partial charge on any atom is 0.0465 e. The Morgan fingerprint density at radius 3 is 3.12 bits per heavy atom. The molecule has 0 spiro atoms. The summed E-state index contributed by atoms with van der Waals surface area (Å²) in [5.41, 5.74) is 10.4. The minimum Gasteiger partial charge on any atom is -0.385 e. The second kappa shape index (κ2) is 5.46. The van der Waals surface area contributed by atoms with E-state index in [0.29, 0.717) is 0 Å². The van der Waals surface area contributed by atoms with Crippen molar-refractivity contribution in [3.63, 3.8) is 0 Å². The lowest BCUT2D eigenvalue weighted by Crippen LogP contribution is -2.17. The van der Waals surface area contributed by atoms with Crippen LogP contribution in [0.1, 0.15) is 42.0 Å². The van der Waals surface area contributed by atoms with E-state index in [2.05, 4.69) is 18.2 Å². The Labute approximate surface area is 97.8 Å². The third-order valence-electron chi connectivity index (χ3n) is 3.38. The smallest absolute Gasteiger partial charge is 0.0465 e. The highest BCUT2D eigenvalue weighted by atomic mass is 16.5. The zero-order valence-electron chi connectivity index (χ0n) is 10.0. The van der Waals surface area contributed by atoms with Crippen molar-refractivity contribution in [1.29, 1.82) is 0 Å². The van der Waals surface area contributed by atoms with Gasteiger partial charge >= 0.3 is 0 Å². The molecule has 2 nitrogen and oxygen atoms in total. The van der Waals surface area contributed by atoms with E-state index in [4.69, 9.17) is 10.5 Å². The molecule has 2 rings (SSSR count). The molecule has 1 aromatic carbocycles. The monoisotopic (exact) mass is 219 g/mol. The van der Waals surface area contributed by atoms with Gasteiger partial charge in [-0.2, -0.15) is 0 Å². The maximum atomic E-state index is 6.15. The summed E-state index contributed by atoms with van der Waals surface area (Å²) in [5.74, 6) is 0. The third kappa shape index (κ3) is 2.63. The molecule has 1 aliphatic rings. The normalized spacial score (nSPS) is 19.5. The summed E-state index contributed by atoms with van der Waals surface area (Å²) in [6, 6.07) is 7.06. The molecule has 88 valence electrons. The second-order valence-electron chi connectivity index (χ2n) is 4.63. The summed E-state index contributed by atoms with van der Waals surface area (Å²) >= 11 is 0. The number of fused-ring (bicyclic) bond motifs is 1. The molecule has 0 amide bonds. The fourth-order valence-corrected chi connectivity index (χ4v) is 2.46. The highest BCUT2D eigenvalue weighted by Crippen LogP contribution is 2.28. The Kier molecular flexibility index (Phi) is 3.97. The van der Waals surface area contributed by atoms with Crippen molar-refractivity contribution in [3.8, 4) is 0 Å². The summed E-state index contributed by atoms with van der Waals surface area (Å²) in [4.78, 5) is 0. The molecule has 1 atom stereocenters. The largest absolute Gasteiger partial charge is 0.385 e. The Hall–Kier alpha value is -0.860. The van der Waals surface area contributed by atoms with Gasteiger partial charge in [-0.25, -0.2) is 0 Å². The number of benzene rings is 1. The molecule has 0 radical (unpaired) electrons. The van der Waals surface area contributed by atoms with Gasteiger partial charge in [-0.15, -0.1) is 0 Å². The molecule has 0 fully saturated rings. The van der Waals surface area contributed by atoms with Crippen molar-refractivity contribution in [1.82, 2.24) is 0 Å². The third-order valence-corrected chi connectivity index (χ3v) is 3.38. The lowest BCUT2D eigenvalue weighted by molar-refractivity contribution is 0.195. The van der Waals surface area contributed by atoms with Crippen molar-refractivity contribution < 1.29 is 4.74 Å². The predicted molar refractivity (Wildman–Crippen MR) is 66.5 cm³/mol. The summed E-state index contributed by atoms with van der Waals surface area (Å²) in [7, 11) is 1.75. The van der Waals surface area contributed by atoms with Crippen molar-refractivity contribution in [2.45, 2.75) is 38.1 Å². The summed E-state index contributed by atoms with van der Waals surface area (Å²) in [6.07, 6.45) is 5.74. The van der Waals surface area contributed by atoms with E-state index in [-0.39, 0.29) is 6.04 Å². The van der Waals surface area contributed by atoms with E-state index < -0.39 is 0 Å². The lowest BCUT2D eigenvalue weighted by atomic mass is 9.86. The van der Waals surface area contributed by atoms with Crippen LogP contribution in [0, 0.1) is 0 Å². The fraction of sp³-hybridized carbons (Fsp3) is 0.571. The van der Waals surface area contributed by atoms with Crippen LogP contribution in [0.2, 0.25) is 0 Å². The number of methoxy groups -OCH3 is 1. The molecule has 16 heavy (non-hydrogen) atoms. The zero-order chi connectivity index (χ0) is 11.4. The quantitative estimate of drug-likeness (QED) is 0.790. The first-order valence-electron chi connectivity index (χ1n) is 6.17. The first-order valence-corrected chi connectivity index (χ1v) is 6.17. The number of hydrogen-bond donors (Lipinski definition) is 1. The van der Waals surface area contributed by atoms with Crippen LogP contribution in [0.15, 0.2) is 18.2 Å². The summed E-state index contributed by atoms with van der Waals surface area (Å²) < 4.78 is 5.07. The van der Waals surface area contributed by atoms with Gasteiger partial charge in [0, 0.05) is 19.8 Å². The van der Waals surface area contributed by atoms with Crippen molar-refractivity contribution in [2.75, 3.05) is 13.7 Å². The van der Waals surface area contributed by atoms with E-state index >= 15 is 0 Å². The van der Waals surface area contributed by atoms with E-state index in [1.54, 1.807) is 7.11 Å². The van der Waals surface area contributed by atoms with E-state index in [9.17, 15) is 0 Å². The van der Waals surface area contributed by atoms with Gasteiger partial charge < -0.3 is 10.5 Å². The molecule has 2 heteroatoms. The molecule has 0 aromatic heterocycles. The Morgan fingerprint density at radius 1 is 1.44 bits per heavy atom. The Balaban J connectivity index is 2.08. The number of hydrogen-bond acceptors (Lipinski definition) is 2. The molecule has 2 N–H and O–H groups in total. The average molecular weight is 219 g/mol. The second-order valence-corrected chi connectivity index (χ2v) is 4.63. The van der Waals surface area contributed by atoms with Crippen LogP contribution in [0.25, 0.3) is 0 Å². The zero-order valence-corrected chi connectivity index (χ0v) is 10.0. The fourth-order valence-electron chi connectivity index (χ4n) is 2.46. The van der Waals surface area contributed by atoms with E-state index in [1.807, 2.05) is 0 Å². The van der Waals surface area contributed by atoms with Gasteiger partial charge in [-0.3, -0.25) is 0 Å². The minimum absolute atomic E-state index is 0.256. The van der Waals surface area contributed by atoms with Crippen LogP contribution in [-0.4, -0.2) is 13.7 Å². The van der Waals surface area contributed by atoms with Crippen LogP contribution in [0.4, 0.5) is 0 Å². The van der Waals surface area contributed by atoms with Crippen molar-refractivity contribution in [3.05, 3.63) is 34.9 Å². The van der Waals surface area contributed by atoms with E-state index in [0.717, 1.165) is 25.9 Å². The molecule has 0 bridgehead atoms. The molecule has 1 aromatic rings. The first-order chi connectivity index (χ1) is 7.81. The predicted octanol–water partition coefficient (Wildman–Crippen LogP) is 2.60. The summed E-state index contributed by atoms with van der Waals surface area (Å²) in [6.45, 7) is 0.836. The standard InChI is InChI=1S/C14H21NO/c1-16-9-3-4-11-7-8-12-5-2-6-14(15)13(12)10-11/h7-8,10,14H,2-6,9,15H2,1H3. The summed E-state index contributed by atoms with van der Waals surface area (Å²) in [5, 5.41) is 0. The van der Waals surface area contributed by atoms with Crippen LogP contribution >= 0.6 is 0 Å². The highest BCUT2D eigenvalue weighted by molar-refractivity contribution is 5.36. The molecule has 0 saturated carbocycles. The molecule has 0 saturated heterocycles. The number of ether oxygens (including phenoxy) is 1. The number of nitrogens with two attached hydrogens (primary N) is 1. The van der Waals surface area contributed by atoms with Gasteiger partial charge in [-0.1, -0.05) is 18.2 Å². The Morgan fingerprint density at radius 2 is 2.31 bits per heavy atom. The van der Waals surface area contributed by atoms with Crippen LogP contribution in [0.5, 0.6) is 0 Å². The van der Waals surface area contributed by atoms with Gasteiger partial charge in [-0.05, 0) is 48.8 Å². The lowest BCUT2D eigenvalue weighted by Gasteiger charge is -2.22. The molecule has 0 aliphatic heterocycles.